The second-order valence-corrected chi connectivity index (χ2v) is 4.12. The highest BCUT2D eigenvalue weighted by Crippen LogP contribution is 2.45. The molecule has 1 aliphatic rings. The van der Waals surface area contributed by atoms with Crippen molar-refractivity contribution in [2.45, 2.75) is 25.8 Å². The number of amides is 1. The van der Waals surface area contributed by atoms with Gasteiger partial charge in [0.15, 0.2) is 0 Å². The molecule has 0 bridgehead atoms. The summed E-state index contributed by atoms with van der Waals surface area (Å²) >= 11 is 0. The molecule has 0 aromatic heterocycles. The number of rotatable bonds is 1. The highest BCUT2D eigenvalue weighted by Gasteiger charge is 2.53. The van der Waals surface area contributed by atoms with Crippen LogP contribution in [-0.4, -0.2) is 11.9 Å². The van der Waals surface area contributed by atoms with E-state index in [1.54, 1.807) is 13.8 Å². The topological polar surface area (TPSA) is 46.3 Å². The second kappa shape index (κ2) is 3.17. The van der Waals surface area contributed by atoms with Crippen molar-refractivity contribution in [2.24, 2.45) is 0 Å². The fraction of sp³-hybridized carbons (Fsp3) is 0.364. The van der Waals surface area contributed by atoms with Gasteiger partial charge in [-0.3, -0.25) is 4.79 Å². The summed E-state index contributed by atoms with van der Waals surface area (Å²) in [5.41, 5.74) is 5.64. The molecule has 2 rings (SSSR count). The van der Waals surface area contributed by atoms with E-state index in [1.807, 2.05) is 0 Å². The van der Waals surface area contributed by atoms with E-state index in [0.717, 1.165) is 11.0 Å². The SMILES string of the molecule is CC(C)N1C(=O)C(F)(F)c2cc(N)ccc21. The molecule has 0 saturated carbocycles. The van der Waals surface area contributed by atoms with E-state index < -0.39 is 11.8 Å². The van der Waals surface area contributed by atoms with Crippen molar-refractivity contribution in [1.82, 2.24) is 0 Å². The van der Waals surface area contributed by atoms with E-state index >= 15 is 0 Å². The normalized spacial score (nSPS) is 18.1. The standard InChI is InChI=1S/C11H12F2N2O/c1-6(2)15-9-4-3-7(14)5-8(9)11(12,13)10(15)16/h3-6H,14H2,1-2H3. The third-order valence-corrected chi connectivity index (χ3v) is 2.62. The van der Waals surface area contributed by atoms with Crippen LogP contribution in [0.2, 0.25) is 0 Å². The molecule has 1 aromatic carbocycles. The van der Waals surface area contributed by atoms with E-state index in [-0.39, 0.29) is 23.0 Å². The molecule has 16 heavy (non-hydrogen) atoms. The van der Waals surface area contributed by atoms with Crippen molar-refractivity contribution in [3.05, 3.63) is 23.8 Å². The van der Waals surface area contributed by atoms with E-state index in [0.29, 0.717) is 0 Å². The third-order valence-electron chi connectivity index (χ3n) is 2.62. The van der Waals surface area contributed by atoms with Crippen LogP contribution in [0.15, 0.2) is 18.2 Å². The maximum absolute atomic E-state index is 13.7. The number of nitrogens with two attached hydrogens (primary N) is 1. The molecule has 1 aromatic rings. The zero-order valence-electron chi connectivity index (χ0n) is 9.00. The minimum atomic E-state index is -3.46. The van der Waals surface area contributed by atoms with E-state index in [4.69, 9.17) is 5.73 Å². The van der Waals surface area contributed by atoms with Gasteiger partial charge in [-0.05, 0) is 32.0 Å². The molecule has 2 N–H and O–H groups in total. The average Bonchev–Trinajstić information content (AvgIpc) is 2.37. The summed E-state index contributed by atoms with van der Waals surface area (Å²) in [5, 5.41) is 0. The van der Waals surface area contributed by atoms with Gasteiger partial charge in [-0.1, -0.05) is 0 Å². The van der Waals surface area contributed by atoms with Crippen LogP contribution in [0.1, 0.15) is 19.4 Å². The summed E-state index contributed by atoms with van der Waals surface area (Å²) in [7, 11) is 0. The number of carbonyl (C=O) groups excluding carboxylic acids is 1. The van der Waals surface area contributed by atoms with Gasteiger partial charge >= 0.3 is 11.8 Å². The van der Waals surface area contributed by atoms with E-state index in [9.17, 15) is 13.6 Å². The molecular weight excluding hydrogens is 214 g/mol. The first-order chi connectivity index (χ1) is 7.35. The summed E-state index contributed by atoms with van der Waals surface area (Å²) in [6, 6.07) is 3.84. The Balaban J connectivity index is 2.65. The number of anilines is 2. The third kappa shape index (κ3) is 1.27. The minimum absolute atomic E-state index is 0.233. The number of nitrogens with zero attached hydrogens (tertiary/aromatic N) is 1. The monoisotopic (exact) mass is 226 g/mol. The van der Waals surface area contributed by atoms with Gasteiger partial charge in [0.1, 0.15) is 0 Å². The maximum Gasteiger partial charge on any atom is 0.352 e. The second-order valence-electron chi connectivity index (χ2n) is 4.12. The van der Waals surface area contributed by atoms with Crippen LogP contribution in [-0.2, 0) is 10.7 Å². The fourth-order valence-corrected chi connectivity index (χ4v) is 1.90. The van der Waals surface area contributed by atoms with Gasteiger partial charge in [-0.15, -0.1) is 0 Å². The fourth-order valence-electron chi connectivity index (χ4n) is 1.90. The van der Waals surface area contributed by atoms with Gasteiger partial charge in [-0.2, -0.15) is 8.78 Å². The van der Waals surface area contributed by atoms with E-state index in [2.05, 4.69) is 0 Å². The maximum atomic E-state index is 13.7. The molecule has 1 heterocycles. The van der Waals surface area contributed by atoms with Crippen molar-refractivity contribution in [1.29, 1.82) is 0 Å². The van der Waals surface area contributed by atoms with Crippen molar-refractivity contribution < 1.29 is 13.6 Å². The first-order valence-electron chi connectivity index (χ1n) is 4.97. The van der Waals surface area contributed by atoms with Crippen LogP contribution >= 0.6 is 0 Å². The summed E-state index contributed by atoms with van der Waals surface area (Å²) in [6.07, 6.45) is 0. The molecular formula is C11H12F2N2O. The van der Waals surface area contributed by atoms with Crippen LogP contribution in [0.5, 0.6) is 0 Å². The van der Waals surface area contributed by atoms with Crippen LogP contribution in [0.25, 0.3) is 0 Å². The Bertz CT molecular complexity index is 457. The summed E-state index contributed by atoms with van der Waals surface area (Å²) in [4.78, 5) is 12.7. The first kappa shape index (κ1) is 10.9. The van der Waals surface area contributed by atoms with E-state index in [1.165, 1.54) is 12.1 Å². The van der Waals surface area contributed by atoms with Crippen LogP contribution < -0.4 is 10.6 Å². The van der Waals surface area contributed by atoms with Gasteiger partial charge in [0.25, 0.3) is 0 Å². The van der Waals surface area contributed by atoms with Gasteiger partial charge in [-0.25, -0.2) is 0 Å². The molecule has 0 spiro atoms. The molecule has 0 radical (unpaired) electrons. The Morgan fingerprint density at radius 1 is 1.38 bits per heavy atom. The molecule has 0 saturated heterocycles. The van der Waals surface area contributed by atoms with Gasteiger partial charge in [0.05, 0.1) is 11.3 Å². The number of hydrogen-bond acceptors (Lipinski definition) is 2. The number of carbonyl (C=O) groups is 1. The van der Waals surface area contributed by atoms with Crippen molar-refractivity contribution in [2.75, 3.05) is 10.6 Å². The molecule has 1 aliphatic heterocycles. The molecule has 3 nitrogen and oxygen atoms in total. The number of alkyl halides is 2. The molecule has 0 fully saturated rings. The highest BCUT2D eigenvalue weighted by atomic mass is 19.3. The van der Waals surface area contributed by atoms with Crippen molar-refractivity contribution >= 4 is 17.3 Å². The average molecular weight is 226 g/mol. The van der Waals surface area contributed by atoms with Crippen molar-refractivity contribution in [3.8, 4) is 0 Å². The zero-order chi connectivity index (χ0) is 12.1. The molecule has 0 atom stereocenters. The number of nitrogen functional groups attached to an aromatic ring is 1. The van der Waals surface area contributed by atoms with Crippen LogP contribution in [0.4, 0.5) is 20.2 Å². The molecule has 86 valence electrons. The number of fused-ring (bicyclic) bond motifs is 1. The lowest BCUT2D eigenvalue weighted by Gasteiger charge is -2.21. The van der Waals surface area contributed by atoms with Crippen LogP contribution in [0, 0.1) is 0 Å². The predicted molar refractivity (Wildman–Crippen MR) is 57.4 cm³/mol. The Morgan fingerprint density at radius 2 is 2.00 bits per heavy atom. The Hall–Kier alpha value is -1.65. The highest BCUT2D eigenvalue weighted by molar-refractivity contribution is 6.06. The lowest BCUT2D eigenvalue weighted by Crippen LogP contribution is -2.39. The number of hydrogen-bond donors (Lipinski definition) is 1. The molecule has 5 heteroatoms. The lowest BCUT2D eigenvalue weighted by molar-refractivity contribution is -0.141. The summed E-state index contributed by atoms with van der Waals surface area (Å²) in [5.74, 6) is -4.64. The number of halogens is 2. The molecule has 0 unspecified atom stereocenters. The molecule has 1 amide bonds. The summed E-state index contributed by atoms with van der Waals surface area (Å²) < 4.78 is 27.3. The van der Waals surface area contributed by atoms with Gasteiger partial charge in [0.2, 0.25) is 0 Å². The quantitative estimate of drug-likeness (QED) is 0.745. The zero-order valence-corrected chi connectivity index (χ0v) is 9.00. The lowest BCUT2D eigenvalue weighted by atomic mass is 10.1. The summed E-state index contributed by atoms with van der Waals surface area (Å²) in [6.45, 7) is 3.39. The molecule has 0 aliphatic carbocycles. The smallest absolute Gasteiger partial charge is 0.352 e. The number of benzene rings is 1. The predicted octanol–water partition coefficient (Wildman–Crippen LogP) is 2.12. The Morgan fingerprint density at radius 3 is 2.56 bits per heavy atom. The Kier molecular flexibility index (Phi) is 2.15. The van der Waals surface area contributed by atoms with Gasteiger partial charge < -0.3 is 10.6 Å². The van der Waals surface area contributed by atoms with Crippen molar-refractivity contribution in [3.63, 3.8) is 0 Å². The Labute approximate surface area is 91.8 Å². The minimum Gasteiger partial charge on any atom is -0.399 e. The largest absolute Gasteiger partial charge is 0.399 e. The first-order valence-corrected chi connectivity index (χ1v) is 4.97. The van der Waals surface area contributed by atoms with Crippen LogP contribution in [0.3, 0.4) is 0 Å². The van der Waals surface area contributed by atoms with Gasteiger partial charge in [0, 0.05) is 11.7 Å².